The van der Waals surface area contributed by atoms with Crippen LogP contribution in [-0.2, 0) is 17.6 Å². The molecule has 0 atom stereocenters. The first-order valence-electron chi connectivity index (χ1n) is 10.9. The van der Waals surface area contributed by atoms with E-state index in [2.05, 4.69) is 5.32 Å². The average Bonchev–Trinajstić information content (AvgIpc) is 3.41. The van der Waals surface area contributed by atoms with Crippen LogP contribution in [0, 0.1) is 0 Å². The van der Waals surface area contributed by atoms with Crippen molar-refractivity contribution >= 4 is 44.9 Å². The topological polar surface area (TPSA) is 73.2 Å². The highest BCUT2D eigenvalue weighted by atomic mass is 32.2. The van der Waals surface area contributed by atoms with Crippen LogP contribution in [0.15, 0.2) is 64.5 Å². The molecular formula is C25H23N3O3S2. The molecule has 0 unspecified atom stereocenters. The third-order valence-electron chi connectivity index (χ3n) is 5.52. The van der Waals surface area contributed by atoms with Gasteiger partial charge in [0.2, 0.25) is 5.91 Å². The zero-order valence-corrected chi connectivity index (χ0v) is 19.8. The molecule has 0 spiro atoms. The fourth-order valence-electron chi connectivity index (χ4n) is 4.09. The molecule has 0 fully saturated rings. The lowest BCUT2D eigenvalue weighted by Crippen LogP contribution is -2.23. The second kappa shape index (κ2) is 9.41. The molecule has 2 aromatic carbocycles. The zero-order chi connectivity index (χ0) is 22.8. The van der Waals surface area contributed by atoms with Gasteiger partial charge in [0.05, 0.1) is 29.1 Å². The number of fused-ring (bicyclic) bond motifs is 3. The van der Waals surface area contributed by atoms with Gasteiger partial charge in [0.25, 0.3) is 5.56 Å². The second-order valence-corrected chi connectivity index (χ2v) is 9.70. The molecule has 1 aliphatic rings. The van der Waals surface area contributed by atoms with E-state index in [1.807, 2.05) is 61.5 Å². The van der Waals surface area contributed by atoms with E-state index in [0.717, 1.165) is 40.7 Å². The highest BCUT2D eigenvalue weighted by Crippen LogP contribution is 2.36. The fourth-order valence-corrected chi connectivity index (χ4v) is 6.21. The molecule has 4 aromatic rings. The van der Waals surface area contributed by atoms with Crippen molar-refractivity contribution in [1.29, 1.82) is 0 Å². The van der Waals surface area contributed by atoms with Gasteiger partial charge in [-0.25, -0.2) is 4.98 Å². The van der Waals surface area contributed by atoms with Crippen LogP contribution in [0.5, 0.6) is 5.75 Å². The quantitative estimate of drug-likeness (QED) is 0.297. The van der Waals surface area contributed by atoms with E-state index in [1.165, 1.54) is 16.6 Å². The molecule has 5 rings (SSSR count). The summed E-state index contributed by atoms with van der Waals surface area (Å²) in [5.41, 5.74) is 2.47. The summed E-state index contributed by atoms with van der Waals surface area (Å²) in [6.07, 6.45) is 3.02. The molecule has 2 heterocycles. The van der Waals surface area contributed by atoms with Crippen LogP contribution in [0.2, 0.25) is 0 Å². The van der Waals surface area contributed by atoms with Gasteiger partial charge in [-0.2, -0.15) is 0 Å². The monoisotopic (exact) mass is 477 g/mol. The molecule has 2 aromatic heterocycles. The van der Waals surface area contributed by atoms with E-state index in [4.69, 9.17) is 9.72 Å². The number of nitrogens with zero attached hydrogens (tertiary/aromatic N) is 2. The van der Waals surface area contributed by atoms with Crippen LogP contribution >= 0.6 is 23.1 Å². The lowest BCUT2D eigenvalue weighted by molar-refractivity contribution is -0.113. The Hall–Kier alpha value is -3.10. The number of hydrogen-bond donors (Lipinski definition) is 1. The summed E-state index contributed by atoms with van der Waals surface area (Å²) >= 11 is 2.87. The first kappa shape index (κ1) is 21.7. The molecule has 1 N–H and O–H groups in total. The number of carbonyl (C=O) groups is 1. The Morgan fingerprint density at radius 2 is 1.94 bits per heavy atom. The van der Waals surface area contributed by atoms with Crippen molar-refractivity contribution in [2.75, 3.05) is 17.7 Å². The van der Waals surface area contributed by atoms with Gasteiger partial charge in [-0.15, -0.1) is 11.3 Å². The van der Waals surface area contributed by atoms with E-state index < -0.39 is 0 Å². The van der Waals surface area contributed by atoms with Gasteiger partial charge in [-0.1, -0.05) is 42.1 Å². The molecule has 8 heteroatoms. The molecular weight excluding hydrogens is 454 g/mol. The minimum atomic E-state index is -0.185. The van der Waals surface area contributed by atoms with E-state index in [0.29, 0.717) is 23.2 Å². The highest BCUT2D eigenvalue weighted by Gasteiger charge is 2.24. The fraction of sp³-hybridized carbons (Fsp3) is 0.240. The Morgan fingerprint density at radius 1 is 1.15 bits per heavy atom. The Kier molecular flexibility index (Phi) is 6.20. The summed E-state index contributed by atoms with van der Waals surface area (Å²) in [6, 6.07) is 16.9. The number of thiophene rings is 1. The van der Waals surface area contributed by atoms with E-state index in [-0.39, 0.29) is 17.2 Å². The van der Waals surface area contributed by atoms with Crippen molar-refractivity contribution in [3.8, 4) is 11.4 Å². The number of carbonyl (C=O) groups excluding carboxylic acids is 1. The molecule has 0 saturated heterocycles. The summed E-state index contributed by atoms with van der Waals surface area (Å²) in [5.74, 6) is 0.568. The number of amides is 1. The lowest BCUT2D eigenvalue weighted by atomic mass is 10.2. The van der Waals surface area contributed by atoms with Crippen LogP contribution in [0.3, 0.4) is 0 Å². The Balaban J connectivity index is 1.47. The van der Waals surface area contributed by atoms with Crippen molar-refractivity contribution in [1.82, 2.24) is 9.55 Å². The van der Waals surface area contributed by atoms with Gasteiger partial charge in [0, 0.05) is 4.88 Å². The van der Waals surface area contributed by atoms with Crippen LogP contribution in [-0.4, -0.2) is 27.8 Å². The number of aromatic nitrogens is 2. The number of benzene rings is 2. The molecule has 168 valence electrons. The molecule has 1 aliphatic carbocycles. The summed E-state index contributed by atoms with van der Waals surface area (Å²) in [4.78, 5) is 33.2. The maximum Gasteiger partial charge on any atom is 0.267 e. The summed E-state index contributed by atoms with van der Waals surface area (Å²) in [5, 5.41) is 4.16. The molecule has 1 amide bonds. The third kappa shape index (κ3) is 4.28. The highest BCUT2D eigenvalue weighted by molar-refractivity contribution is 7.99. The molecule has 0 aliphatic heterocycles. The number of rotatable bonds is 7. The van der Waals surface area contributed by atoms with Gasteiger partial charge in [0.15, 0.2) is 5.16 Å². The predicted molar refractivity (Wildman–Crippen MR) is 134 cm³/mol. The number of thioether (sulfide) groups is 1. The normalized spacial score (nSPS) is 12.6. The molecule has 6 nitrogen and oxygen atoms in total. The van der Waals surface area contributed by atoms with Crippen molar-refractivity contribution in [2.45, 2.75) is 31.3 Å². The van der Waals surface area contributed by atoms with Gasteiger partial charge in [0.1, 0.15) is 10.6 Å². The summed E-state index contributed by atoms with van der Waals surface area (Å²) in [7, 11) is 0. The Morgan fingerprint density at radius 3 is 2.76 bits per heavy atom. The number of aryl methyl sites for hydroxylation is 2. The van der Waals surface area contributed by atoms with Gasteiger partial charge < -0.3 is 10.1 Å². The van der Waals surface area contributed by atoms with Gasteiger partial charge in [-0.05, 0) is 56.0 Å². The third-order valence-corrected chi connectivity index (χ3v) is 7.64. The Bertz CT molecular complexity index is 1380. The molecule has 33 heavy (non-hydrogen) atoms. The molecule has 0 saturated carbocycles. The Labute approximate surface area is 199 Å². The maximum absolute atomic E-state index is 13.6. The largest absolute Gasteiger partial charge is 0.492 e. The number of para-hydroxylation sites is 3. The van der Waals surface area contributed by atoms with E-state index in [1.54, 1.807) is 15.9 Å². The average molecular weight is 478 g/mol. The number of anilines is 1. The first-order valence-corrected chi connectivity index (χ1v) is 12.7. The first-order chi connectivity index (χ1) is 16.2. The van der Waals surface area contributed by atoms with Crippen LogP contribution < -0.4 is 15.6 Å². The van der Waals surface area contributed by atoms with Gasteiger partial charge in [-0.3, -0.25) is 14.2 Å². The van der Waals surface area contributed by atoms with Gasteiger partial charge >= 0.3 is 0 Å². The van der Waals surface area contributed by atoms with Crippen molar-refractivity contribution in [3.63, 3.8) is 0 Å². The number of hydrogen-bond acceptors (Lipinski definition) is 6. The van der Waals surface area contributed by atoms with E-state index >= 15 is 0 Å². The zero-order valence-electron chi connectivity index (χ0n) is 18.2. The van der Waals surface area contributed by atoms with Crippen molar-refractivity contribution in [3.05, 3.63) is 75.4 Å². The van der Waals surface area contributed by atoms with Crippen LogP contribution in [0.1, 0.15) is 23.8 Å². The minimum Gasteiger partial charge on any atom is -0.492 e. The summed E-state index contributed by atoms with van der Waals surface area (Å²) < 4.78 is 7.23. The molecule has 0 radical (unpaired) electrons. The summed E-state index contributed by atoms with van der Waals surface area (Å²) in [6.45, 7) is 2.42. The maximum atomic E-state index is 13.6. The number of ether oxygens (including phenoxy) is 1. The van der Waals surface area contributed by atoms with Crippen molar-refractivity contribution < 1.29 is 9.53 Å². The standard InChI is InChI=1S/C25H23N3O3S2/c1-2-31-19-13-7-6-12-18(19)26-21(29)15-32-25-27-23-22(17-11-8-14-20(17)33-23)24(30)28(25)16-9-4-3-5-10-16/h3-7,9-10,12-13H,2,8,11,14-15H2,1H3,(H,26,29). The van der Waals surface area contributed by atoms with Crippen LogP contribution in [0.4, 0.5) is 5.69 Å². The second-order valence-electron chi connectivity index (χ2n) is 7.67. The number of nitrogens with one attached hydrogen (secondary N) is 1. The van der Waals surface area contributed by atoms with Crippen molar-refractivity contribution in [2.24, 2.45) is 0 Å². The van der Waals surface area contributed by atoms with Crippen LogP contribution in [0.25, 0.3) is 15.9 Å². The smallest absolute Gasteiger partial charge is 0.267 e. The SMILES string of the molecule is CCOc1ccccc1NC(=O)CSc1nc2sc3c(c2c(=O)n1-c1ccccc1)CCC3. The lowest BCUT2D eigenvalue weighted by Gasteiger charge is -2.13. The predicted octanol–water partition coefficient (Wildman–Crippen LogP) is 5.07. The minimum absolute atomic E-state index is 0.0600. The molecule has 0 bridgehead atoms. The van der Waals surface area contributed by atoms with E-state index in [9.17, 15) is 9.59 Å².